The first-order chi connectivity index (χ1) is 6.57. The highest BCUT2D eigenvalue weighted by Gasteiger charge is 2.18. The first-order valence-corrected chi connectivity index (χ1v) is 5.27. The van der Waals surface area contributed by atoms with Crippen molar-refractivity contribution in [1.82, 2.24) is 0 Å². The Morgan fingerprint density at radius 2 is 2.14 bits per heavy atom. The number of halogens is 1. The van der Waals surface area contributed by atoms with Crippen molar-refractivity contribution in [2.45, 2.75) is 18.7 Å². The number of ketones is 1. The van der Waals surface area contributed by atoms with Crippen LogP contribution in [0.25, 0.3) is 0 Å². The Labute approximate surface area is 92.4 Å². The van der Waals surface area contributed by atoms with Gasteiger partial charge in [0.15, 0.2) is 0 Å². The summed E-state index contributed by atoms with van der Waals surface area (Å²) in [6.07, 6.45) is 0. The molecule has 0 spiro atoms. The fraction of sp³-hybridized carbons (Fsp3) is 0.364. The zero-order valence-corrected chi connectivity index (χ0v) is 10.1. The van der Waals surface area contributed by atoms with E-state index in [1.165, 1.54) is 0 Å². The predicted molar refractivity (Wildman–Crippen MR) is 60.1 cm³/mol. The molecule has 3 heteroatoms. The third-order valence-electron chi connectivity index (χ3n) is 2.11. The van der Waals surface area contributed by atoms with E-state index in [1.807, 2.05) is 25.1 Å². The van der Waals surface area contributed by atoms with Crippen molar-refractivity contribution in [3.63, 3.8) is 0 Å². The van der Waals surface area contributed by atoms with E-state index in [0.29, 0.717) is 0 Å². The maximum Gasteiger partial charge on any atom is 0.147 e. The van der Waals surface area contributed by atoms with Crippen molar-refractivity contribution in [3.8, 4) is 5.75 Å². The molecule has 0 aromatic heterocycles. The van der Waals surface area contributed by atoms with Crippen LogP contribution in [0.2, 0.25) is 0 Å². The molecule has 0 bridgehead atoms. The number of aryl methyl sites for hydroxylation is 1. The molecule has 2 nitrogen and oxygen atoms in total. The molecule has 0 aliphatic rings. The average molecular weight is 257 g/mol. The predicted octanol–water partition coefficient (Wildman–Crippen LogP) is 3.03. The molecule has 14 heavy (non-hydrogen) atoms. The number of methoxy groups -OCH3 is 1. The second-order valence-corrected chi connectivity index (χ2v) is 4.08. The molecule has 0 aliphatic heterocycles. The number of alkyl halides is 1. The maximum absolute atomic E-state index is 11.3. The second kappa shape index (κ2) is 4.60. The number of ether oxygens (including phenoxy) is 1. The molecule has 0 saturated heterocycles. The molecular weight excluding hydrogens is 244 g/mol. The highest BCUT2D eigenvalue weighted by molar-refractivity contribution is 9.09. The van der Waals surface area contributed by atoms with Gasteiger partial charge in [0, 0.05) is 5.56 Å². The summed E-state index contributed by atoms with van der Waals surface area (Å²) in [4.78, 5) is 11.0. The molecule has 0 heterocycles. The molecule has 0 radical (unpaired) electrons. The number of rotatable bonds is 3. The van der Waals surface area contributed by atoms with Crippen LogP contribution < -0.4 is 4.74 Å². The van der Waals surface area contributed by atoms with E-state index in [0.717, 1.165) is 16.9 Å². The minimum absolute atomic E-state index is 0.0811. The maximum atomic E-state index is 11.3. The molecule has 0 saturated carbocycles. The Hall–Kier alpha value is -0.830. The summed E-state index contributed by atoms with van der Waals surface area (Å²) in [6, 6.07) is 5.74. The van der Waals surface area contributed by atoms with E-state index < -0.39 is 0 Å². The van der Waals surface area contributed by atoms with Crippen molar-refractivity contribution in [2.24, 2.45) is 0 Å². The summed E-state index contributed by atoms with van der Waals surface area (Å²) in [5.74, 6) is 0.833. The summed E-state index contributed by atoms with van der Waals surface area (Å²) in [5, 5.41) is 0. The Kier molecular flexibility index (Phi) is 3.69. The standard InChI is InChI=1S/C11H13BrO2/c1-7-5-4-6-9(14-3)10(7)11(12)8(2)13/h4-6,11H,1-3H3. The topological polar surface area (TPSA) is 26.3 Å². The van der Waals surface area contributed by atoms with E-state index >= 15 is 0 Å². The normalized spacial score (nSPS) is 12.3. The van der Waals surface area contributed by atoms with Crippen molar-refractivity contribution < 1.29 is 9.53 Å². The van der Waals surface area contributed by atoms with Gasteiger partial charge in [0.2, 0.25) is 0 Å². The van der Waals surface area contributed by atoms with Crippen molar-refractivity contribution in [3.05, 3.63) is 29.3 Å². The number of carbonyl (C=O) groups is 1. The molecule has 1 aromatic carbocycles. The molecule has 0 N–H and O–H groups in total. The van der Waals surface area contributed by atoms with E-state index in [2.05, 4.69) is 15.9 Å². The van der Waals surface area contributed by atoms with Crippen LogP contribution in [-0.4, -0.2) is 12.9 Å². The van der Waals surface area contributed by atoms with Gasteiger partial charge in [0.25, 0.3) is 0 Å². The van der Waals surface area contributed by atoms with Gasteiger partial charge >= 0.3 is 0 Å². The molecule has 1 aromatic rings. The van der Waals surface area contributed by atoms with Gasteiger partial charge in [-0.25, -0.2) is 0 Å². The fourth-order valence-corrected chi connectivity index (χ4v) is 1.95. The number of benzene rings is 1. The summed E-state index contributed by atoms with van der Waals surface area (Å²) in [5.41, 5.74) is 1.98. The van der Waals surface area contributed by atoms with Crippen LogP contribution in [0.3, 0.4) is 0 Å². The number of hydrogen-bond donors (Lipinski definition) is 0. The molecule has 1 unspecified atom stereocenters. The first-order valence-electron chi connectivity index (χ1n) is 4.36. The summed E-state index contributed by atoms with van der Waals surface area (Å²) < 4.78 is 5.22. The first kappa shape index (κ1) is 11.2. The number of carbonyl (C=O) groups excluding carboxylic acids is 1. The van der Waals surface area contributed by atoms with Crippen LogP contribution in [0.5, 0.6) is 5.75 Å². The van der Waals surface area contributed by atoms with E-state index in [-0.39, 0.29) is 10.6 Å². The van der Waals surface area contributed by atoms with E-state index in [9.17, 15) is 4.79 Å². The lowest BCUT2D eigenvalue weighted by Gasteiger charge is -2.14. The SMILES string of the molecule is COc1cccc(C)c1C(Br)C(C)=O. The van der Waals surface area contributed by atoms with Gasteiger partial charge in [-0.15, -0.1) is 0 Å². The third-order valence-corrected chi connectivity index (χ3v) is 3.22. The van der Waals surface area contributed by atoms with Gasteiger partial charge in [-0.3, -0.25) is 4.79 Å². The van der Waals surface area contributed by atoms with Gasteiger partial charge in [0.1, 0.15) is 16.4 Å². The van der Waals surface area contributed by atoms with Gasteiger partial charge in [-0.2, -0.15) is 0 Å². The Balaban J connectivity index is 3.23. The fourth-order valence-electron chi connectivity index (χ4n) is 1.36. The number of Topliss-reactive ketones (excluding diaryl/α,β-unsaturated/α-hetero) is 1. The van der Waals surface area contributed by atoms with E-state index in [1.54, 1.807) is 14.0 Å². The summed E-state index contributed by atoms with van der Waals surface area (Å²) in [7, 11) is 1.61. The Bertz CT molecular complexity index is 347. The largest absolute Gasteiger partial charge is 0.496 e. The highest BCUT2D eigenvalue weighted by Crippen LogP contribution is 2.34. The lowest BCUT2D eigenvalue weighted by Crippen LogP contribution is -2.05. The molecule has 0 fully saturated rings. The number of hydrogen-bond acceptors (Lipinski definition) is 2. The summed E-state index contributed by atoms with van der Waals surface area (Å²) in [6.45, 7) is 3.53. The molecule has 0 amide bonds. The van der Waals surface area contributed by atoms with Crippen molar-refractivity contribution in [1.29, 1.82) is 0 Å². The lowest BCUT2D eigenvalue weighted by atomic mass is 10.0. The molecule has 76 valence electrons. The quantitative estimate of drug-likeness (QED) is 0.778. The smallest absolute Gasteiger partial charge is 0.147 e. The molecule has 0 aliphatic carbocycles. The van der Waals surface area contributed by atoms with Crippen LogP contribution in [0.1, 0.15) is 22.9 Å². The monoisotopic (exact) mass is 256 g/mol. The van der Waals surface area contributed by atoms with Crippen LogP contribution >= 0.6 is 15.9 Å². The Morgan fingerprint density at radius 1 is 1.50 bits per heavy atom. The average Bonchev–Trinajstić information content (AvgIpc) is 2.16. The van der Waals surface area contributed by atoms with Crippen LogP contribution in [0.4, 0.5) is 0 Å². The van der Waals surface area contributed by atoms with Gasteiger partial charge in [-0.05, 0) is 25.5 Å². The lowest BCUT2D eigenvalue weighted by molar-refractivity contribution is -0.116. The van der Waals surface area contributed by atoms with Gasteiger partial charge < -0.3 is 4.74 Å². The highest BCUT2D eigenvalue weighted by atomic mass is 79.9. The molecule has 1 rings (SSSR count). The zero-order valence-electron chi connectivity index (χ0n) is 8.50. The van der Waals surface area contributed by atoms with Crippen molar-refractivity contribution >= 4 is 21.7 Å². The van der Waals surface area contributed by atoms with Crippen LogP contribution in [-0.2, 0) is 4.79 Å². The minimum atomic E-state index is -0.279. The van der Waals surface area contributed by atoms with Gasteiger partial charge in [-0.1, -0.05) is 28.1 Å². The molecular formula is C11H13BrO2. The molecule has 1 atom stereocenters. The zero-order chi connectivity index (χ0) is 10.7. The van der Waals surface area contributed by atoms with Crippen molar-refractivity contribution in [2.75, 3.05) is 7.11 Å². The Morgan fingerprint density at radius 3 is 2.64 bits per heavy atom. The van der Waals surface area contributed by atoms with Crippen LogP contribution in [0.15, 0.2) is 18.2 Å². The summed E-state index contributed by atoms with van der Waals surface area (Å²) >= 11 is 3.36. The van der Waals surface area contributed by atoms with Gasteiger partial charge in [0.05, 0.1) is 7.11 Å². The third kappa shape index (κ3) is 2.15. The minimum Gasteiger partial charge on any atom is -0.496 e. The second-order valence-electron chi connectivity index (χ2n) is 3.16. The van der Waals surface area contributed by atoms with Crippen LogP contribution in [0, 0.1) is 6.92 Å². The van der Waals surface area contributed by atoms with E-state index in [4.69, 9.17) is 4.74 Å².